The zero-order valence-corrected chi connectivity index (χ0v) is 13.2. The molecule has 0 saturated carbocycles. The average Bonchev–Trinajstić information content (AvgIpc) is 2.43. The molecule has 0 radical (unpaired) electrons. The number of rotatable bonds is 7. The Labute approximate surface area is 129 Å². The fraction of sp³-hybridized carbons (Fsp3) is 0.467. The van der Waals surface area contributed by atoms with Crippen LogP contribution >= 0.6 is 0 Å². The maximum atomic E-state index is 12.0. The largest absolute Gasteiger partial charge is 0.386 e. The van der Waals surface area contributed by atoms with Gasteiger partial charge in [0.1, 0.15) is 0 Å². The fourth-order valence-corrected chi connectivity index (χ4v) is 2.16. The standard InChI is InChI=1S/C15H21N3O4/c1-11(2)17(12(3)4)15(19)10-22-16-9-13-6-5-7-14(8-13)18(20)21/h5-9,11-12H,10H2,1-4H3/b16-9-. The number of nitrogens with zero attached hydrogens (tertiary/aromatic N) is 3. The third kappa shape index (κ3) is 5.16. The summed E-state index contributed by atoms with van der Waals surface area (Å²) in [6, 6.07) is 6.16. The highest BCUT2D eigenvalue weighted by atomic mass is 16.6. The van der Waals surface area contributed by atoms with Gasteiger partial charge in [0.15, 0.2) is 6.61 Å². The molecule has 0 aliphatic heterocycles. The number of non-ortho nitro benzene ring substituents is 1. The molecule has 1 aromatic carbocycles. The minimum absolute atomic E-state index is 0.0224. The van der Waals surface area contributed by atoms with Crippen molar-refractivity contribution < 1.29 is 14.6 Å². The number of carbonyl (C=O) groups is 1. The molecule has 7 nitrogen and oxygen atoms in total. The van der Waals surface area contributed by atoms with E-state index in [1.165, 1.54) is 18.3 Å². The number of nitro benzene ring substituents is 1. The Morgan fingerprint density at radius 3 is 2.55 bits per heavy atom. The minimum atomic E-state index is -0.481. The summed E-state index contributed by atoms with van der Waals surface area (Å²) in [6.07, 6.45) is 1.34. The van der Waals surface area contributed by atoms with E-state index in [1.54, 1.807) is 17.0 Å². The number of carbonyl (C=O) groups excluding carboxylic acids is 1. The van der Waals surface area contributed by atoms with Crippen LogP contribution in [-0.2, 0) is 9.63 Å². The predicted octanol–water partition coefficient (Wildman–Crippen LogP) is 2.59. The molecule has 1 aromatic rings. The van der Waals surface area contributed by atoms with E-state index < -0.39 is 4.92 Å². The van der Waals surface area contributed by atoms with Gasteiger partial charge in [-0.25, -0.2) is 0 Å². The lowest BCUT2D eigenvalue weighted by atomic mass is 10.2. The molecule has 7 heteroatoms. The molecule has 0 aliphatic carbocycles. The lowest BCUT2D eigenvalue weighted by Gasteiger charge is -2.30. The Morgan fingerprint density at radius 2 is 2.00 bits per heavy atom. The summed E-state index contributed by atoms with van der Waals surface area (Å²) in [5, 5.41) is 14.3. The van der Waals surface area contributed by atoms with Gasteiger partial charge < -0.3 is 9.74 Å². The summed E-state index contributed by atoms with van der Waals surface area (Å²) >= 11 is 0. The van der Waals surface area contributed by atoms with Crippen LogP contribution in [0.2, 0.25) is 0 Å². The first-order valence-corrected chi connectivity index (χ1v) is 7.04. The van der Waals surface area contributed by atoms with Gasteiger partial charge in [-0.05, 0) is 27.7 Å². The number of oxime groups is 1. The van der Waals surface area contributed by atoms with Crippen molar-refractivity contribution in [2.75, 3.05) is 6.61 Å². The summed E-state index contributed by atoms with van der Waals surface area (Å²) in [7, 11) is 0. The van der Waals surface area contributed by atoms with E-state index in [0.29, 0.717) is 5.56 Å². The first-order valence-electron chi connectivity index (χ1n) is 7.04. The maximum Gasteiger partial charge on any atom is 0.270 e. The monoisotopic (exact) mass is 307 g/mol. The van der Waals surface area contributed by atoms with E-state index in [0.717, 1.165) is 0 Å². The van der Waals surface area contributed by atoms with Crippen LogP contribution in [0.5, 0.6) is 0 Å². The number of hydrogen-bond donors (Lipinski definition) is 0. The highest BCUT2D eigenvalue weighted by Gasteiger charge is 2.20. The average molecular weight is 307 g/mol. The summed E-state index contributed by atoms with van der Waals surface area (Å²) in [4.78, 5) is 28.9. The third-order valence-corrected chi connectivity index (χ3v) is 2.95. The Hall–Kier alpha value is -2.44. The second kappa shape index (κ2) is 8.11. The van der Waals surface area contributed by atoms with Crippen molar-refractivity contribution in [2.24, 2.45) is 5.16 Å². The van der Waals surface area contributed by atoms with E-state index in [4.69, 9.17) is 4.84 Å². The second-order valence-electron chi connectivity index (χ2n) is 5.35. The summed E-state index contributed by atoms with van der Waals surface area (Å²) in [6.45, 7) is 7.57. The molecule has 0 heterocycles. The van der Waals surface area contributed by atoms with E-state index in [2.05, 4.69) is 5.16 Å². The molecular formula is C15H21N3O4. The first-order chi connectivity index (χ1) is 10.3. The Balaban J connectivity index is 2.58. The lowest BCUT2D eigenvalue weighted by molar-refractivity contribution is -0.384. The van der Waals surface area contributed by atoms with Crippen molar-refractivity contribution in [2.45, 2.75) is 39.8 Å². The smallest absolute Gasteiger partial charge is 0.270 e. The Morgan fingerprint density at radius 1 is 1.36 bits per heavy atom. The van der Waals surface area contributed by atoms with Gasteiger partial charge in [0.25, 0.3) is 11.6 Å². The number of amides is 1. The molecule has 0 saturated heterocycles. The van der Waals surface area contributed by atoms with Crippen LogP contribution in [0.25, 0.3) is 0 Å². The van der Waals surface area contributed by atoms with E-state index in [-0.39, 0.29) is 30.3 Å². The van der Waals surface area contributed by atoms with Gasteiger partial charge in [0.2, 0.25) is 0 Å². The van der Waals surface area contributed by atoms with Gasteiger partial charge in [0, 0.05) is 29.8 Å². The zero-order valence-electron chi connectivity index (χ0n) is 13.2. The van der Waals surface area contributed by atoms with Crippen LogP contribution < -0.4 is 0 Å². The van der Waals surface area contributed by atoms with Crippen LogP contribution in [-0.4, -0.2) is 40.6 Å². The first kappa shape index (κ1) is 17.6. The van der Waals surface area contributed by atoms with E-state index >= 15 is 0 Å². The highest BCUT2D eigenvalue weighted by molar-refractivity contribution is 5.80. The fourth-order valence-electron chi connectivity index (χ4n) is 2.16. The molecular weight excluding hydrogens is 286 g/mol. The van der Waals surface area contributed by atoms with Crippen molar-refractivity contribution in [1.82, 2.24) is 4.90 Å². The van der Waals surface area contributed by atoms with Crippen LogP contribution in [0, 0.1) is 10.1 Å². The number of benzene rings is 1. The molecule has 0 aliphatic rings. The van der Waals surface area contributed by atoms with Crippen LogP contribution in [0.3, 0.4) is 0 Å². The number of nitro groups is 1. The second-order valence-corrected chi connectivity index (χ2v) is 5.35. The number of hydrogen-bond acceptors (Lipinski definition) is 5. The molecule has 0 fully saturated rings. The molecule has 0 unspecified atom stereocenters. The molecule has 22 heavy (non-hydrogen) atoms. The van der Waals surface area contributed by atoms with Gasteiger partial charge in [-0.2, -0.15) is 0 Å². The quantitative estimate of drug-likeness (QED) is 0.440. The van der Waals surface area contributed by atoms with Crippen molar-refractivity contribution >= 4 is 17.8 Å². The minimum Gasteiger partial charge on any atom is -0.386 e. The van der Waals surface area contributed by atoms with Crippen molar-refractivity contribution in [1.29, 1.82) is 0 Å². The Bertz CT molecular complexity index is 547. The summed E-state index contributed by atoms with van der Waals surface area (Å²) < 4.78 is 0. The molecule has 0 spiro atoms. The normalized spacial score (nSPS) is 11.2. The van der Waals surface area contributed by atoms with Gasteiger partial charge in [-0.15, -0.1) is 0 Å². The molecule has 0 aromatic heterocycles. The van der Waals surface area contributed by atoms with Crippen molar-refractivity contribution in [3.8, 4) is 0 Å². The van der Waals surface area contributed by atoms with E-state index in [1.807, 2.05) is 27.7 Å². The zero-order chi connectivity index (χ0) is 16.7. The van der Waals surface area contributed by atoms with Crippen molar-refractivity contribution in [3.05, 3.63) is 39.9 Å². The topological polar surface area (TPSA) is 85.0 Å². The molecule has 0 bridgehead atoms. The van der Waals surface area contributed by atoms with Gasteiger partial charge >= 0.3 is 0 Å². The molecule has 1 rings (SSSR count). The van der Waals surface area contributed by atoms with Crippen LogP contribution in [0.15, 0.2) is 29.4 Å². The maximum absolute atomic E-state index is 12.0. The van der Waals surface area contributed by atoms with E-state index in [9.17, 15) is 14.9 Å². The summed E-state index contributed by atoms with van der Waals surface area (Å²) in [5.41, 5.74) is 0.511. The molecule has 1 amide bonds. The van der Waals surface area contributed by atoms with Crippen molar-refractivity contribution in [3.63, 3.8) is 0 Å². The molecule has 0 N–H and O–H groups in total. The van der Waals surface area contributed by atoms with Gasteiger partial charge in [0.05, 0.1) is 11.1 Å². The molecule has 120 valence electrons. The van der Waals surface area contributed by atoms with Gasteiger partial charge in [-0.3, -0.25) is 14.9 Å². The third-order valence-electron chi connectivity index (χ3n) is 2.95. The SMILES string of the molecule is CC(C)N(C(=O)CO/N=C\c1cccc([N+](=O)[O-])c1)C(C)C. The molecule has 0 atom stereocenters. The van der Waals surface area contributed by atoms with Crippen LogP contribution in [0.4, 0.5) is 5.69 Å². The Kier molecular flexibility index (Phi) is 6.49. The van der Waals surface area contributed by atoms with Crippen LogP contribution in [0.1, 0.15) is 33.3 Å². The predicted molar refractivity (Wildman–Crippen MR) is 83.8 cm³/mol. The highest BCUT2D eigenvalue weighted by Crippen LogP contribution is 2.11. The van der Waals surface area contributed by atoms with Gasteiger partial charge in [-0.1, -0.05) is 17.3 Å². The lowest BCUT2D eigenvalue weighted by Crippen LogP contribution is -2.43. The summed E-state index contributed by atoms with van der Waals surface area (Å²) in [5.74, 6) is -0.152.